The number of carbonyl (C=O) groups excluding carboxylic acids is 1. The van der Waals surface area contributed by atoms with E-state index in [0.29, 0.717) is 12.5 Å². The zero-order valence-electron chi connectivity index (χ0n) is 14.8. The molecule has 0 spiro atoms. The minimum atomic E-state index is -0.447. The second-order valence-electron chi connectivity index (χ2n) is 7.06. The van der Waals surface area contributed by atoms with Gasteiger partial charge in [-0.3, -0.25) is 9.69 Å². The number of ketones is 1. The van der Waals surface area contributed by atoms with Crippen molar-refractivity contribution in [3.05, 3.63) is 71.8 Å². The summed E-state index contributed by atoms with van der Waals surface area (Å²) in [5, 5.41) is 10.5. The van der Waals surface area contributed by atoms with Gasteiger partial charge >= 0.3 is 0 Å². The van der Waals surface area contributed by atoms with E-state index >= 15 is 0 Å². The monoisotopic (exact) mass is 337 g/mol. The van der Waals surface area contributed by atoms with Gasteiger partial charge in [-0.15, -0.1) is 0 Å². The first-order valence-electron chi connectivity index (χ1n) is 9.18. The molecule has 2 aromatic carbocycles. The molecule has 0 aliphatic carbocycles. The Bertz CT molecular complexity index is 671. The molecular weight excluding hydrogens is 310 g/mol. The minimum Gasteiger partial charge on any atom is -0.388 e. The fourth-order valence-corrected chi connectivity index (χ4v) is 3.85. The Morgan fingerprint density at radius 3 is 2.32 bits per heavy atom. The van der Waals surface area contributed by atoms with E-state index in [9.17, 15) is 9.90 Å². The molecule has 0 amide bonds. The van der Waals surface area contributed by atoms with Crippen LogP contribution < -0.4 is 0 Å². The van der Waals surface area contributed by atoms with Crippen molar-refractivity contribution >= 4 is 5.78 Å². The van der Waals surface area contributed by atoms with E-state index in [4.69, 9.17) is 0 Å². The van der Waals surface area contributed by atoms with E-state index < -0.39 is 6.10 Å². The third-order valence-electron chi connectivity index (χ3n) is 5.42. The summed E-state index contributed by atoms with van der Waals surface area (Å²) < 4.78 is 0. The lowest BCUT2D eigenvalue weighted by molar-refractivity contribution is 0.0549. The average molecular weight is 337 g/mol. The predicted molar refractivity (Wildman–Crippen MR) is 101 cm³/mol. The van der Waals surface area contributed by atoms with Crippen LogP contribution in [0.4, 0.5) is 0 Å². The predicted octanol–water partition coefficient (Wildman–Crippen LogP) is 4.24. The highest BCUT2D eigenvalue weighted by atomic mass is 16.3. The van der Waals surface area contributed by atoms with Crippen LogP contribution in [0, 0.1) is 0 Å². The quantitative estimate of drug-likeness (QED) is 0.802. The number of Topliss-reactive ketones (excluding diaryl/α,β-unsaturated/α-hetero) is 1. The molecule has 0 aromatic heterocycles. The maximum Gasteiger partial charge on any atom is 0.164 e. The highest BCUT2D eigenvalue weighted by Crippen LogP contribution is 2.30. The third-order valence-corrected chi connectivity index (χ3v) is 5.42. The molecule has 3 atom stereocenters. The third kappa shape index (κ3) is 4.56. The van der Waals surface area contributed by atoms with Crippen molar-refractivity contribution in [2.45, 2.75) is 50.3 Å². The van der Waals surface area contributed by atoms with E-state index in [2.05, 4.69) is 11.9 Å². The molecule has 1 aliphatic heterocycles. The van der Waals surface area contributed by atoms with E-state index in [1.807, 2.05) is 60.7 Å². The standard InChI is InChI=1S/C22H27NO2/c1-23-19(15-21(24)17-9-4-2-5-10-17)13-8-14-20(23)16-22(25)18-11-6-3-7-12-18/h2-7,9-12,19-21,24H,8,13-16H2,1H3/t19-,20?,21+/m0/s1. The minimum absolute atomic E-state index is 0.210. The van der Waals surface area contributed by atoms with Gasteiger partial charge in [-0.25, -0.2) is 0 Å². The number of nitrogens with zero attached hydrogens (tertiary/aromatic N) is 1. The molecule has 3 nitrogen and oxygen atoms in total. The van der Waals surface area contributed by atoms with Crippen LogP contribution in [-0.2, 0) is 0 Å². The van der Waals surface area contributed by atoms with E-state index in [1.165, 1.54) is 0 Å². The molecule has 1 saturated heterocycles. The molecule has 132 valence electrons. The maximum atomic E-state index is 12.5. The Kier molecular flexibility index (Phi) is 6.00. The van der Waals surface area contributed by atoms with Crippen molar-refractivity contribution in [3.8, 4) is 0 Å². The van der Waals surface area contributed by atoms with Crippen LogP contribution in [0.2, 0.25) is 0 Å². The van der Waals surface area contributed by atoms with Crippen molar-refractivity contribution in [2.75, 3.05) is 7.05 Å². The van der Waals surface area contributed by atoms with Crippen molar-refractivity contribution < 1.29 is 9.90 Å². The second kappa shape index (κ2) is 8.41. The molecule has 1 heterocycles. The van der Waals surface area contributed by atoms with Crippen LogP contribution in [0.25, 0.3) is 0 Å². The summed E-state index contributed by atoms with van der Waals surface area (Å²) >= 11 is 0. The molecule has 3 rings (SSSR count). The first kappa shape index (κ1) is 17.8. The summed E-state index contributed by atoms with van der Waals surface area (Å²) in [5.74, 6) is 0.210. The number of hydrogen-bond acceptors (Lipinski definition) is 3. The number of likely N-dealkylation sites (tertiary alicyclic amines) is 1. The fourth-order valence-electron chi connectivity index (χ4n) is 3.85. The molecule has 1 N–H and O–H groups in total. The topological polar surface area (TPSA) is 40.5 Å². The Hall–Kier alpha value is -1.97. The first-order valence-corrected chi connectivity index (χ1v) is 9.18. The zero-order valence-corrected chi connectivity index (χ0v) is 14.8. The van der Waals surface area contributed by atoms with Gasteiger partial charge in [0.25, 0.3) is 0 Å². The summed E-state index contributed by atoms with van der Waals surface area (Å²) in [7, 11) is 2.10. The van der Waals surface area contributed by atoms with Crippen LogP contribution in [0.15, 0.2) is 60.7 Å². The molecule has 2 aromatic rings. The highest BCUT2D eigenvalue weighted by molar-refractivity contribution is 5.96. The van der Waals surface area contributed by atoms with E-state index in [-0.39, 0.29) is 11.8 Å². The number of aliphatic hydroxyl groups is 1. The molecular formula is C22H27NO2. The van der Waals surface area contributed by atoms with Gasteiger partial charge in [0.15, 0.2) is 5.78 Å². The summed E-state index contributed by atoms with van der Waals surface area (Å²) in [6, 6.07) is 20.0. The number of aliphatic hydroxyl groups excluding tert-OH is 1. The highest BCUT2D eigenvalue weighted by Gasteiger charge is 2.30. The van der Waals surface area contributed by atoms with Crippen molar-refractivity contribution in [3.63, 3.8) is 0 Å². The van der Waals surface area contributed by atoms with Crippen LogP contribution in [0.5, 0.6) is 0 Å². The molecule has 1 aliphatic rings. The molecule has 0 bridgehead atoms. The number of hydrogen-bond donors (Lipinski definition) is 1. The zero-order chi connectivity index (χ0) is 17.6. The van der Waals surface area contributed by atoms with Gasteiger partial charge in [0.1, 0.15) is 0 Å². The summed E-state index contributed by atoms with van der Waals surface area (Å²) in [6.07, 6.45) is 4.07. The smallest absolute Gasteiger partial charge is 0.164 e. The van der Waals surface area contributed by atoms with Crippen LogP contribution in [-0.4, -0.2) is 34.9 Å². The Labute approximate surface area is 150 Å². The Morgan fingerprint density at radius 2 is 1.64 bits per heavy atom. The Balaban J connectivity index is 1.61. The number of piperidine rings is 1. The fraction of sp³-hybridized carbons (Fsp3) is 0.409. The molecule has 0 radical (unpaired) electrons. The SMILES string of the molecule is CN1C(CC(=O)c2ccccc2)CCC[C@H]1C[C@@H](O)c1ccccc1. The molecule has 0 saturated carbocycles. The van der Waals surface area contributed by atoms with E-state index in [0.717, 1.165) is 36.8 Å². The number of benzene rings is 2. The van der Waals surface area contributed by atoms with Gasteiger partial charge in [0.05, 0.1) is 6.10 Å². The molecule has 25 heavy (non-hydrogen) atoms. The maximum absolute atomic E-state index is 12.5. The normalized spacial score (nSPS) is 22.5. The molecule has 3 heteroatoms. The average Bonchev–Trinajstić information content (AvgIpc) is 2.66. The summed E-state index contributed by atoms with van der Waals surface area (Å²) in [6.45, 7) is 0. The van der Waals surface area contributed by atoms with E-state index in [1.54, 1.807) is 0 Å². The summed E-state index contributed by atoms with van der Waals surface area (Å²) in [5.41, 5.74) is 1.76. The van der Waals surface area contributed by atoms with Crippen LogP contribution in [0.3, 0.4) is 0 Å². The van der Waals surface area contributed by atoms with Crippen molar-refractivity contribution in [1.82, 2.24) is 4.90 Å². The first-order chi connectivity index (χ1) is 12.1. The van der Waals surface area contributed by atoms with Gasteiger partial charge in [-0.05, 0) is 31.9 Å². The summed E-state index contributed by atoms with van der Waals surface area (Å²) in [4.78, 5) is 14.8. The number of rotatable bonds is 6. The van der Waals surface area contributed by atoms with Crippen LogP contribution in [0.1, 0.15) is 54.1 Å². The van der Waals surface area contributed by atoms with Gasteiger partial charge in [0, 0.05) is 24.1 Å². The lowest BCUT2D eigenvalue weighted by Crippen LogP contribution is -2.45. The second-order valence-corrected chi connectivity index (χ2v) is 7.06. The van der Waals surface area contributed by atoms with Crippen molar-refractivity contribution in [2.24, 2.45) is 0 Å². The Morgan fingerprint density at radius 1 is 1.04 bits per heavy atom. The van der Waals surface area contributed by atoms with Crippen molar-refractivity contribution in [1.29, 1.82) is 0 Å². The largest absolute Gasteiger partial charge is 0.388 e. The molecule has 1 unspecified atom stereocenters. The lowest BCUT2D eigenvalue weighted by Gasteiger charge is -2.40. The van der Waals surface area contributed by atoms with Gasteiger partial charge in [-0.1, -0.05) is 67.1 Å². The van der Waals surface area contributed by atoms with Gasteiger partial charge in [-0.2, -0.15) is 0 Å². The molecule has 1 fully saturated rings. The van der Waals surface area contributed by atoms with Gasteiger partial charge in [0.2, 0.25) is 0 Å². The van der Waals surface area contributed by atoms with Gasteiger partial charge < -0.3 is 5.11 Å². The van der Waals surface area contributed by atoms with Crippen LogP contribution >= 0.6 is 0 Å². The number of carbonyl (C=O) groups is 1. The lowest BCUT2D eigenvalue weighted by atomic mass is 9.88.